The fraction of sp³-hybridized carbons (Fsp3) is 0.692. The van der Waals surface area contributed by atoms with E-state index in [0.717, 1.165) is 0 Å². The molecule has 0 radical (unpaired) electrons. The van der Waals surface area contributed by atoms with Crippen molar-refractivity contribution in [2.75, 3.05) is 19.6 Å². The van der Waals surface area contributed by atoms with E-state index in [4.69, 9.17) is 13.9 Å². The molecule has 10 nitrogen and oxygen atoms in total. The molecule has 0 aliphatic carbocycles. The Bertz CT molecular complexity index is 997. The number of likely N-dealkylation sites (tertiary alicyclic amines) is 2. The summed E-state index contributed by atoms with van der Waals surface area (Å²) in [6.45, 7) is 17.7. The second-order valence-electron chi connectivity index (χ2n) is 12.4. The normalized spacial score (nSPS) is 22.7. The highest BCUT2D eigenvalue weighted by atomic mass is 28.3. The lowest BCUT2D eigenvalue weighted by molar-refractivity contribution is -0.384. The minimum atomic E-state index is -1.58. The average molecular weight is 536 g/mol. The molecule has 0 N–H and O–H groups in total. The van der Waals surface area contributed by atoms with Gasteiger partial charge in [-0.2, -0.15) is 0 Å². The maximum absolute atomic E-state index is 13.4. The number of nitro groups is 1. The molecule has 2 saturated heterocycles. The molecule has 0 bridgehead atoms. The molecule has 206 valence electrons. The first-order valence-electron chi connectivity index (χ1n) is 12.9. The Morgan fingerprint density at radius 3 is 2.14 bits per heavy atom. The van der Waals surface area contributed by atoms with Crippen molar-refractivity contribution < 1.29 is 28.4 Å². The molecule has 2 fully saturated rings. The molecule has 2 aliphatic heterocycles. The summed E-state index contributed by atoms with van der Waals surface area (Å²) in [6.07, 6.45) is -0.147. The van der Waals surface area contributed by atoms with Crippen molar-refractivity contribution in [1.29, 1.82) is 0 Å². The fourth-order valence-corrected chi connectivity index (χ4v) is 6.13. The first-order chi connectivity index (χ1) is 17.0. The van der Waals surface area contributed by atoms with Crippen LogP contribution in [0.1, 0.15) is 53.5 Å². The van der Waals surface area contributed by atoms with Crippen molar-refractivity contribution in [2.24, 2.45) is 17.3 Å². The Morgan fingerprint density at radius 1 is 1.05 bits per heavy atom. The predicted molar refractivity (Wildman–Crippen MR) is 142 cm³/mol. The van der Waals surface area contributed by atoms with Crippen molar-refractivity contribution in [3.8, 4) is 0 Å². The summed E-state index contributed by atoms with van der Waals surface area (Å²) in [6, 6.07) is 5.92. The largest absolute Gasteiger partial charge is 0.445 e. The van der Waals surface area contributed by atoms with Crippen molar-refractivity contribution in [3.05, 3.63) is 39.9 Å². The molecule has 2 amide bonds. The molecule has 37 heavy (non-hydrogen) atoms. The predicted octanol–water partition coefficient (Wildman–Crippen LogP) is 5.16. The van der Waals surface area contributed by atoms with Gasteiger partial charge in [0, 0.05) is 37.7 Å². The van der Waals surface area contributed by atoms with Crippen LogP contribution in [-0.4, -0.2) is 66.9 Å². The summed E-state index contributed by atoms with van der Waals surface area (Å²) in [5.74, 6) is 0.158. The molecule has 0 saturated carbocycles. The van der Waals surface area contributed by atoms with Gasteiger partial charge in [-0.25, -0.2) is 9.59 Å². The standard InChI is InChI=1S/C26H41N3O7Si/c1-24(2,3)19-13-26(36-37(7)8,28(16-19)23(31)35-25(4,5)6)20-14-27(15-20)22(30)34-17-18-9-11-21(12-10-18)29(32)33/h9-12,19-20,37H,13-17H2,1-8H3/t19-,26-/m0/s1. The molecule has 3 rings (SSSR count). The van der Waals surface area contributed by atoms with E-state index in [0.29, 0.717) is 31.6 Å². The number of rotatable bonds is 6. The molecule has 0 unspecified atom stereocenters. The lowest BCUT2D eigenvalue weighted by atomic mass is 9.76. The molecule has 0 aromatic heterocycles. The third-order valence-corrected chi connectivity index (χ3v) is 7.84. The second kappa shape index (κ2) is 10.6. The van der Waals surface area contributed by atoms with E-state index < -0.39 is 31.4 Å². The summed E-state index contributed by atoms with van der Waals surface area (Å²) < 4.78 is 17.9. The van der Waals surface area contributed by atoms with Crippen LogP contribution < -0.4 is 0 Å². The third kappa shape index (κ3) is 6.81. The van der Waals surface area contributed by atoms with E-state index in [1.807, 2.05) is 20.8 Å². The summed E-state index contributed by atoms with van der Waals surface area (Å²) in [5.41, 5.74) is -0.834. The second-order valence-corrected chi connectivity index (χ2v) is 14.8. The summed E-state index contributed by atoms with van der Waals surface area (Å²) >= 11 is 0. The minimum Gasteiger partial charge on any atom is -0.445 e. The Balaban J connectivity index is 1.73. The van der Waals surface area contributed by atoms with E-state index in [2.05, 4.69) is 33.9 Å². The number of carbonyl (C=O) groups is 2. The molecule has 11 heteroatoms. The Morgan fingerprint density at radius 2 is 1.65 bits per heavy atom. The highest BCUT2D eigenvalue weighted by Crippen LogP contribution is 2.49. The topological polar surface area (TPSA) is 111 Å². The van der Waals surface area contributed by atoms with Gasteiger partial charge >= 0.3 is 12.2 Å². The number of benzene rings is 1. The van der Waals surface area contributed by atoms with Crippen molar-refractivity contribution in [2.45, 2.75) is 79.0 Å². The van der Waals surface area contributed by atoms with Crippen LogP contribution in [0.4, 0.5) is 15.3 Å². The van der Waals surface area contributed by atoms with Crippen LogP contribution in [0.2, 0.25) is 13.1 Å². The van der Waals surface area contributed by atoms with Gasteiger partial charge in [0.1, 0.15) is 17.9 Å². The number of amides is 2. The molecule has 2 heterocycles. The lowest BCUT2D eigenvalue weighted by Gasteiger charge is -2.52. The van der Waals surface area contributed by atoms with E-state index >= 15 is 0 Å². The van der Waals surface area contributed by atoms with Gasteiger partial charge in [-0.1, -0.05) is 20.8 Å². The maximum Gasteiger partial charge on any atom is 0.412 e. The van der Waals surface area contributed by atoms with Crippen molar-refractivity contribution in [1.82, 2.24) is 9.80 Å². The van der Waals surface area contributed by atoms with E-state index in [-0.39, 0.29) is 35.6 Å². The first kappa shape index (κ1) is 28.9. The first-order valence-corrected chi connectivity index (χ1v) is 15.6. The van der Waals surface area contributed by atoms with Gasteiger partial charge in [-0.3, -0.25) is 15.0 Å². The summed E-state index contributed by atoms with van der Waals surface area (Å²) in [7, 11) is -1.58. The number of nitrogens with zero attached hydrogens (tertiary/aromatic N) is 3. The number of hydrogen-bond acceptors (Lipinski definition) is 7. The van der Waals surface area contributed by atoms with Crippen LogP contribution in [0.3, 0.4) is 0 Å². The number of hydrogen-bond donors (Lipinski definition) is 0. The smallest absolute Gasteiger partial charge is 0.412 e. The van der Waals surface area contributed by atoms with Crippen molar-refractivity contribution >= 4 is 26.9 Å². The summed E-state index contributed by atoms with van der Waals surface area (Å²) in [5, 5.41) is 10.8. The van der Waals surface area contributed by atoms with Crippen molar-refractivity contribution in [3.63, 3.8) is 0 Å². The third-order valence-electron chi connectivity index (χ3n) is 6.96. The quantitative estimate of drug-likeness (QED) is 0.281. The summed E-state index contributed by atoms with van der Waals surface area (Å²) in [4.78, 5) is 39.9. The van der Waals surface area contributed by atoms with Crippen LogP contribution in [0, 0.1) is 27.4 Å². The zero-order chi connectivity index (χ0) is 27.8. The monoisotopic (exact) mass is 535 g/mol. The molecule has 2 atom stereocenters. The Hall–Kier alpha value is -2.66. The number of ether oxygens (including phenoxy) is 2. The zero-order valence-corrected chi connectivity index (χ0v) is 24.4. The molecular formula is C26H41N3O7Si. The molecule has 1 aromatic carbocycles. The van der Waals surface area contributed by atoms with Gasteiger partial charge in [0.25, 0.3) is 5.69 Å². The van der Waals surface area contributed by atoms with Gasteiger partial charge in [0.2, 0.25) is 0 Å². The highest BCUT2D eigenvalue weighted by molar-refractivity contribution is 6.48. The van der Waals surface area contributed by atoms with Crippen LogP contribution in [0.25, 0.3) is 0 Å². The van der Waals surface area contributed by atoms with Gasteiger partial charge in [0.15, 0.2) is 9.04 Å². The number of carbonyl (C=O) groups excluding carboxylic acids is 2. The zero-order valence-electron chi connectivity index (χ0n) is 23.3. The van der Waals surface area contributed by atoms with Crippen LogP contribution in [0.5, 0.6) is 0 Å². The van der Waals surface area contributed by atoms with Crippen LogP contribution >= 0.6 is 0 Å². The number of nitro benzene ring substituents is 1. The highest BCUT2D eigenvalue weighted by Gasteiger charge is 2.60. The Labute approximate surface area is 221 Å². The molecular weight excluding hydrogens is 494 g/mol. The fourth-order valence-electron chi connectivity index (χ4n) is 4.90. The van der Waals surface area contributed by atoms with E-state index in [1.54, 1.807) is 21.9 Å². The minimum absolute atomic E-state index is 0.0145. The Kier molecular flexibility index (Phi) is 8.28. The van der Waals surface area contributed by atoms with Crippen LogP contribution in [-0.2, 0) is 20.5 Å². The molecule has 2 aliphatic rings. The van der Waals surface area contributed by atoms with Gasteiger partial charge in [-0.05, 0) is 69.3 Å². The molecule has 1 aromatic rings. The van der Waals surface area contributed by atoms with E-state index in [1.165, 1.54) is 12.1 Å². The lowest BCUT2D eigenvalue weighted by Crippen LogP contribution is -2.66. The van der Waals surface area contributed by atoms with Crippen LogP contribution in [0.15, 0.2) is 24.3 Å². The average Bonchev–Trinajstić information content (AvgIpc) is 3.10. The SMILES string of the molecule is C[SiH](C)O[C@]1(C2CN(C(=O)OCc3ccc([N+](=O)[O-])cc3)C2)C[C@H](C(C)(C)C)CN1C(=O)OC(C)(C)C. The number of non-ortho nitro benzene ring substituents is 1. The molecule has 0 spiro atoms. The van der Waals surface area contributed by atoms with Gasteiger partial charge < -0.3 is 18.8 Å². The van der Waals surface area contributed by atoms with Gasteiger partial charge in [-0.15, -0.1) is 0 Å². The maximum atomic E-state index is 13.4. The van der Waals surface area contributed by atoms with Gasteiger partial charge in [0.05, 0.1) is 4.92 Å². The van der Waals surface area contributed by atoms with E-state index in [9.17, 15) is 19.7 Å².